The highest BCUT2D eigenvalue weighted by atomic mass is 35.5. The zero-order valence-corrected chi connectivity index (χ0v) is 7.39. The van der Waals surface area contributed by atoms with E-state index < -0.39 is 6.17 Å². The lowest BCUT2D eigenvalue weighted by Gasteiger charge is -2.06. The monoisotopic (exact) mass is 187 g/mol. The Morgan fingerprint density at radius 3 is 2.83 bits per heavy atom. The van der Waals surface area contributed by atoms with Crippen molar-refractivity contribution in [2.45, 2.75) is 12.6 Å². The van der Waals surface area contributed by atoms with Gasteiger partial charge in [-0.15, -0.1) is 0 Å². The second-order valence-electron chi connectivity index (χ2n) is 2.60. The lowest BCUT2D eigenvalue weighted by molar-refractivity contribution is 0.328. The summed E-state index contributed by atoms with van der Waals surface area (Å²) in [7, 11) is 0. The average molecular weight is 188 g/mol. The van der Waals surface area contributed by atoms with Crippen LogP contribution in [0.15, 0.2) is 24.3 Å². The summed E-state index contributed by atoms with van der Waals surface area (Å²) in [6.07, 6.45) is -0.644. The van der Waals surface area contributed by atoms with Crippen molar-refractivity contribution in [2.75, 3.05) is 6.54 Å². The summed E-state index contributed by atoms with van der Waals surface area (Å²) in [5.74, 6) is 0. The molecule has 2 N–H and O–H groups in total. The van der Waals surface area contributed by atoms with Gasteiger partial charge in [0.2, 0.25) is 0 Å². The lowest BCUT2D eigenvalue weighted by atomic mass is 10.1. The number of hydrogen-bond donors (Lipinski definition) is 1. The summed E-state index contributed by atoms with van der Waals surface area (Å²) < 4.78 is 13.2. The molecule has 3 heteroatoms. The quantitative estimate of drug-likeness (QED) is 0.774. The van der Waals surface area contributed by atoms with Crippen LogP contribution in [0.25, 0.3) is 0 Å². The van der Waals surface area contributed by atoms with Crippen LogP contribution in [0.2, 0.25) is 5.02 Å². The van der Waals surface area contributed by atoms with Gasteiger partial charge in [0.15, 0.2) is 0 Å². The van der Waals surface area contributed by atoms with Crippen LogP contribution in [0.1, 0.15) is 18.2 Å². The van der Waals surface area contributed by atoms with Crippen LogP contribution in [0.4, 0.5) is 4.39 Å². The third-order valence-electron chi connectivity index (χ3n) is 1.63. The first-order chi connectivity index (χ1) is 5.74. The molecule has 0 aromatic heterocycles. The maximum absolute atomic E-state index is 13.2. The van der Waals surface area contributed by atoms with Crippen LogP contribution in [-0.2, 0) is 0 Å². The first kappa shape index (κ1) is 9.49. The normalized spacial score (nSPS) is 12.9. The van der Waals surface area contributed by atoms with E-state index >= 15 is 0 Å². The molecule has 0 aliphatic heterocycles. The van der Waals surface area contributed by atoms with Crippen molar-refractivity contribution in [1.82, 2.24) is 0 Å². The van der Waals surface area contributed by atoms with Gasteiger partial charge in [-0.05, 0) is 30.7 Å². The highest BCUT2D eigenvalue weighted by Crippen LogP contribution is 2.22. The Morgan fingerprint density at radius 1 is 1.50 bits per heavy atom. The van der Waals surface area contributed by atoms with E-state index in [0.29, 0.717) is 23.6 Å². The van der Waals surface area contributed by atoms with Gasteiger partial charge in [0.1, 0.15) is 6.17 Å². The summed E-state index contributed by atoms with van der Waals surface area (Å²) >= 11 is 5.69. The molecule has 66 valence electrons. The number of hydrogen-bond acceptors (Lipinski definition) is 1. The van der Waals surface area contributed by atoms with Crippen molar-refractivity contribution >= 4 is 11.6 Å². The molecule has 1 nitrogen and oxygen atoms in total. The van der Waals surface area contributed by atoms with Crippen LogP contribution in [0.3, 0.4) is 0 Å². The van der Waals surface area contributed by atoms with Gasteiger partial charge in [0, 0.05) is 5.02 Å². The van der Waals surface area contributed by atoms with E-state index in [1.54, 1.807) is 24.3 Å². The fourth-order valence-electron chi connectivity index (χ4n) is 1.01. The fraction of sp³-hybridized carbons (Fsp3) is 0.333. The Balaban J connectivity index is 2.73. The Kier molecular flexibility index (Phi) is 3.50. The standard InChI is InChI=1S/C9H11ClFN/c10-8-3-1-2-7(6-8)9(11)4-5-12/h1-3,6,9H,4-5,12H2. The van der Waals surface area contributed by atoms with Gasteiger partial charge >= 0.3 is 0 Å². The Bertz CT molecular complexity index is 252. The number of halogens is 2. The van der Waals surface area contributed by atoms with Crippen LogP contribution in [-0.4, -0.2) is 6.54 Å². The molecule has 0 aliphatic carbocycles. The van der Waals surface area contributed by atoms with E-state index in [0.717, 1.165) is 0 Å². The molecule has 1 unspecified atom stereocenters. The maximum Gasteiger partial charge on any atom is 0.126 e. The highest BCUT2D eigenvalue weighted by Gasteiger charge is 2.07. The Morgan fingerprint density at radius 2 is 2.25 bits per heavy atom. The van der Waals surface area contributed by atoms with E-state index in [1.807, 2.05) is 0 Å². The molecule has 0 saturated heterocycles. The largest absolute Gasteiger partial charge is 0.330 e. The van der Waals surface area contributed by atoms with E-state index in [1.165, 1.54) is 0 Å². The zero-order valence-electron chi connectivity index (χ0n) is 6.63. The molecule has 0 amide bonds. The molecule has 12 heavy (non-hydrogen) atoms. The number of benzene rings is 1. The Hall–Kier alpha value is -0.600. The molecule has 0 saturated carbocycles. The molecule has 0 radical (unpaired) electrons. The predicted octanol–water partition coefficient (Wildman–Crippen LogP) is 2.70. The summed E-state index contributed by atoms with van der Waals surface area (Å²) in [6.45, 7) is 0.355. The second kappa shape index (κ2) is 4.43. The van der Waals surface area contributed by atoms with Crippen LogP contribution >= 0.6 is 11.6 Å². The SMILES string of the molecule is NCCC(F)c1cccc(Cl)c1. The smallest absolute Gasteiger partial charge is 0.126 e. The first-order valence-corrected chi connectivity index (χ1v) is 4.21. The predicted molar refractivity (Wildman–Crippen MR) is 49.0 cm³/mol. The molecule has 0 aliphatic rings. The number of rotatable bonds is 3. The van der Waals surface area contributed by atoms with E-state index in [2.05, 4.69) is 0 Å². The molecule has 1 aromatic rings. The van der Waals surface area contributed by atoms with Gasteiger partial charge in [-0.1, -0.05) is 23.7 Å². The van der Waals surface area contributed by atoms with Crippen molar-refractivity contribution < 1.29 is 4.39 Å². The van der Waals surface area contributed by atoms with Gasteiger partial charge in [-0.25, -0.2) is 4.39 Å². The average Bonchev–Trinajstić information content (AvgIpc) is 2.05. The summed E-state index contributed by atoms with van der Waals surface area (Å²) in [6, 6.07) is 6.80. The third kappa shape index (κ3) is 2.47. The molecule has 0 spiro atoms. The Labute approximate surface area is 76.3 Å². The van der Waals surface area contributed by atoms with Crippen molar-refractivity contribution in [3.63, 3.8) is 0 Å². The topological polar surface area (TPSA) is 26.0 Å². The van der Waals surface area contributed by atoms with Gasteiger partial charge < -0.3 is 5.73 Å². The minimum absolute atomic E-state index is 0.348. The van der Waals surface area contributed by atoms with Crippen LogP contribution in [0.5, 0.6) is 0 Å². The molecule has 0 heterocycles. The van der Waals surface area contributed by atoms with Gasteiger partial charge in [-0.2, -0.15) is 0 Å². The van der Waals surface area contributed by atoms with Crippen molar-refractivity contribution in [3.05, 3.63) is 34.9 Å². The van der Waals surface area contributed by atoms with E-state index in [4.69, 9.17) is 17.3 Å². The molecule has 0 bridgehead atoms. The van der Waals surface area contributed by atoms with Crippen molar-refractivity contribution in [3.8, 4) is 0 Å². The van der Waals surface area contributed by atoms with Crippen LogP contribution < -0.4 is 5.73 Å². The van der Waals surface area contributed by atoms with Crippen molar-refractivity contribution in [1.29, 1.82) is 0 Å². The molecule has 0 fully saturated rings. The van der Waals surface area contributed by atoms with Crippen molar-refractivity contribution in [2.24, 2.45) is 5.73 Å². The fourth-order valence-corrected chi connectivity index (χ4v) is 1.21. The lowest BCUT2D eigenvalue weighted by Crippen LogP contribution is -2.03. The third-order valence-corrected chi connectivity index (χ3v) is 1.87. The van der Waals surface area contributed by atoms with Gasteiger partial charge in [0.25, 0.3) is 0 Å². The maximum atomic E-state index is 13.2. The zero-order chi connectivity index (χ0) is 8.97. The first-order valence-electron chi connectivity index (χ1n) is 3.83. The number of alkyl halides is 1. The molecular formula is C9H11ClFN. The second-order valence-corrected chi connectivity index (χ2v) is 3.04. The van der Waals surface area contributed by atoms with E-state index in [-0.39, 0.29) is 0 Å². The molecular weight excluding hydrogens is 177 g/mol. The molecule has 1 rings (SSSR count). The summed E-state index contributed by atoms with van der Waals surface area (Å²) in [5.41, 5.74) is 5.84. The minimum atomic E-state index is -0.992. The van der Waals surface area contributed by atoms with E-state index in [9.17, 15) is 4.39 Å². The summed E-state index contributed by atoms with van der Waals surface area (Å²) in [4.78, 5) is 0. The molecule has 1 aromatic carbocycles. The van der Waals surface area contributed by atoms with Crippen LogP contribution in [0, 0.1) is 0 Å². The highest BCUT2D eigenvalue weighted by molar-refractivity contribution is 6.30. The number of nitrogens with two attached hydrogens (primary N) is 1. The van der Waals surface area contributed by atoms with Gasteiger partial charge in [0.05, 0.1) is 0 Å². The minimum Gasteiger partial charge on any atom is -0.330 e. The van der Waals surface area contributed by atoms with Gasteiger partial charge in [-0.3, -0.25) is 0 Å². The summed E-state index contributed by atoms with van der Waals surface area (Å²) in [5, 5.41) is 0.562. The molecule has 1 atom stereocenters.